The monoisotopic (exact) mass is 187 g/mol. The second kappa shape index (κ2) is 2.60. The third-order valence-corrected chi connectivity index (χ3v) is 4.24. The van der Waals surface area contributed by atoms with Crippen molar-refractivity contribution in [1.82, 2.24) is 5.32 Å². The molecule has 0 radical (unpaired) electrons. The summed E-state index contributed by atoms with van der Waals surface area (Å²) in [6.07, 6.45) is 0. The quantitative estimate of drug-likeness (QED) is 0.658. The first kappa shape index (κ1) is 8.49. The minimum absolute atomic E-state index is 0.453. The molecule has 1 saturated heterocycles. The molecule has 1 N–H and O–H groups in total. The van der Waals surface area contributed by atoms with Crippen LogP contribution in [0.25, 0.3) is 0 Å². The number of nitrogens with one attached hydrogen (secondary N) is 1. The number of hydrogen-bond acceptors (Lipinski definition) is 1. The SMILES string of the molecule is CC1(C)C2CNCC1c1ccccc12. The molecule has 1 aliphatic carbocycles. The molecule has 74 valence electrons. The standard InChI is InChI=1S/C13H17N/c1-13(2)11-7-14-8-12(13)10-6-4-3-5-9(10)11/h3-6,11-12,14H,7-8H2,1-2H3. The Hall–Kier alpha value is -0.820. The number of fused-ring (bicyclic) bond motifs is 5. The van der Waals surface area contributed by atoms with Crippen LogP contribution in [0, 0.1) is 5.41 Å². The first-order valence-corrected chi connectivity index (χ1v) is 5.51. The zero-order valence-corrected chi connectivity index (χ0v) is 8.88. The molecule has 1 aromatic rings. The normalized spacial score (nSPS) is 32.7. The highest BCUT2D eigenvalue weighted by molar-refractivity contribution is 5.43. The molecule has 2 unspecified atom stereocenters. The molecule has 3 rings (SSSR count). The van der Waals surface area contributed by atoms with Crippen molar-refractivity contribution in [2.45, 2.75) is 25.7 Å². The van der Waals surface area contributed by atoms with Crippen molar-refractivity contribution < 1.29 is 0 Å². The third kappa shape index (κ3) is 0.885. The van der Waals surface area contributed by atoms with Crippen LogP contribution in [0.3, 0.4) is 0 Å². The Morgan fingerprint density at radius 2 is 1.57 bits per heavy atom. The van der Waals surface area contributed by atoms with E-state index in [2.05, 4.69) is 43.4 Å². The van der Waals surface area contributed by atoms with Crippen molar-refractivity contribution in [3.8, 4) is 0 Å². The number of rotatable bonds is 0. The molecule has 1 heteroatoms. The lowest BCUT2D eigenvalue weighted by Gasteiger charge is -2.38. The largest absolute Gasteiger partial charge is 0.315 e. The third-order valence-electron chi connectivity index (χ3n) is 4.24. The van der Waals surface area contributed by atoms with Gasteiger partial charge in [-0.2, -0.15) is 0 Å². The summed E-state index contributed by atoms with van der Waals surface area (Å²) in [4.78, 5) is 0. The molecule has 2 aliphatic rings. The molecule has 0 spiro atoms. The minimum atomic E-state index is 0.453. The molecular weight excluding hydrogens is 170 g/mol. The molecule has 14 heavy (non-hydrogen) atoms. The Kier molecular flexibility index (Phi) is 1.58. The lowest BCUT2D eigenvalue weighted by molar-refractivity contribution is 0.205. The van der Waals surface area contributed by atoms with Gasteiger partial charge in [-0.3, -0.25) is 0 Å². The van der Waals surface area contributed by atoms with Crippen LogP contribution in [-0.4, -0.2) is 13.1 Å². The van der Waals surface area contributed by atoms with Gasteiger partial charge in [0.15, 0.2) is 0 Å². The Morgan fingerprint density at radius 1 is 1.07 bits per heavy atom. The lowest BCUT2D eigenvalue weighted by Crippen LogP contribution is -2.41. The van der Waals surface area contributed by atoms with Gasteiger partial charge in [-0.15, -0.1) is 0 Å². The lowest BCUT2D eigenvalue weighted by atomic mass is 9.71. The van der Waals surface area contributed by atoms with E-state index in [1.54, 1.807) is 11.1 Å². The minimum Gasteiger partial charge on any atom is -0.315 e. The summed E-state index contributed by atoms with van der Waals surface area (Å²) in [5, 5.41) is 3.55. The van der Waals surface area contributed by atoms with E-state index < -0.39 is 0 Å². The maximum atomic E-state index is 3.55. The van der Waals surface area contributed by atoms with E-state index in [0.717, 1.165) is 24.9 Å². The van der Waals surface area contributed by atoms with Crippen molar-refractivity contribution >= 4 is 0 Å². The second-order valence-corrected chi connectivity index (χ2v) is 5.21. The molecule has 2 atom stereocenters. The zero-order valence-electron chi connectivity index (χ0n) is 8.88. The molecule has 0 aromatic heterocycles. The van der Waals surface area contributed by atoms with Gasteiger partial charge in [0, 0.05) is 24.9 Å². The van der Waals surface area contributed by atoms with Gasteiger partial charge in [0.05, 0.1) is 0 Å². The highest BCUT2D eigenvalue weighted by atomic mass is 14.9. The van der Waals surface area contributed by atoms with Gasteiger partial charge >= 0.3 is 0 Å². The Labute approximate surface area is 85.5 Å². The fourth-order valence-electron chi connectivity index (χ4n) is 3.31. The van der Waals surface area contributed by atoms with Crippen LogP contribution in [-0.2, 0) is 0 Å². The first-order chi connectivity index (χ1) is 6.71. The van der Waals surface area contributed by atoms with Crippen LogP contribution < -0.4 is 5.32 Å². The molecule has 2 bridgehead atoms. The van der Waals surface area contributed by atoms with E-state index in [-0.39, 0.29) is 0 Å². The van der Waals surface area contributed by atoms with Crippen molar-refractivity contribution in [1.29, 1.82) is 0 Å². The predicted molar refractivity (Wildman–Crippen MR) is 58.6 cm³/mol. The molecule has 1 fully saturated rings. The molecule has 1 aliphatic heterocycles. The summed E-state index contributed by atoms with van der Waals surface area (Å²) in [5.74, 6) is 1.44. The summed E-state index contributed by atoms with van der Waals surface area (Å²) >= 11 is 0. The van der Waals surface area contributed by atoms with Crippen molar-refractivity contribution in [3.05, 3.63) is 35.4 Å². The number of piperidine rings is 1. The van der Waals surface area contributed by atoms with Crippen LogP contribution in [0.5, 0.6) is 0 Å². The molecular formula is C13H17N. The van der Waals surface area contributed by atoms with Crippen LogP contribution >= 0.6 is 0 Å². The van der Waals surface area contributed by atoms with Crippen LogP contribution in [0.1, 0.15) is 36.8 Å². The Balaban J connectivity index is 2.21. The van der Waals surface area contributed by atoms with Crippen molar-refractivity contribution in [3.63, 3.8) is 0 Å². The predicted octanol–water partition coefficient (Wildman–Crippen LogP) is 2.50. The molecule has 1 heterocycles. The smallest absolute Gasteiger partial charge is 0.00258 e. The van der Waals surface area contributed by atoms with Crippen molar-refractivity contribution in [2.75, 3.05) is 13.1 Å². The first-order valence-electron chi connectivity index (χ1n) is 5.51. The van der Waals surface area contributed by atoms with Gasteiger partial charge < -0.3 is 5.32 Å². The average molecular weight is 187 g/mol. The summed E-state index contributed by atoms with van der Waals surface area (Å²) in [6.45, 7) is 7.15. The van der Waals surface area contributed by atoms with E-state index in [1.807, 2.05) is 0 Å². The summed E-state index contributed by atoms with van der Waals surface area (Å²) in [5.41, 5.74) is 3.63. The van der Waals surface area contributed by atoms with E-state index in [0.29, 0.717) is 5.41 Å². The molecule has 0 saturated carbocycles. The molecule has 0 amide bonds. The van der Waals surface area contributed by atoms with Gasteiger partial charge in [0.1, 0.15) is 0 Å². The molecule has 1 nitrogen and oxygen atoms in total. The van der Waals surface area contributed by atoms with Crippen LogP contribution in [0.4, 0.5) is 0 Å². The van der Waals surface area contributed by atoms with E-state index in [1.165, 1.54) is 0 Å². The molecule has 1 aromatic carbocycles. The second-order valence-electron chi connectivity index (χ2n) is 5.21. The van der Waals surface area contributed by atoms with Gasteiger partial charge in [-0.25, -0.2) is 0 Å². The highest BCUT2D eigenvalue weighted by Crippen LogP contribution is 2.56. The fraction of sp³-hybridized carbons (Fsp3) is 0.538. The Bertz CT molecular complexity index is 334. The summed E-state index contributed by atoms with van der Waals surface area (Å²) < 4.78 is 0. The van der Waals surface area contributed by atoms with Gasteiger partial charge in [-0.05, 0) is 16.5 Å². The topological polar surface area (TPSA) is 12.0 Å². The number of benzene rings is 1. The van der Waals surface area contributed by atoms with E-state index >= 15 is 0 Å². The van der Waals surface area contributed by atoms with E-state index in [9.17, 15) is 0 Å². The summed E-state index contributed by atoms with van der Waals surface area (Å²) in [6, 6.07) is 8.98. The highest BCUT2D eigenvalue weighted by Gasteiger charge is 2.48. The zero-order chi connectivity index (χ0) is 9.76. The Morgan fingerprint density at radius 3 is 2.07 bits per heavy atom. The maximum absolute atomic E-state index is 3.55. The maximum Gasteiger partial charge on any atom is 0.00258 e. The average Bonchev–Trinajstić information content (AvgIpc) is 2.35. The van der Waals surface area contributed by atoms with Crippen LogP contribution in [0.15, 0.2) is 24.3 Å². The summed E-state index contributed by atoms with van der Waals surface area (Å²) in [7, 11) is 0. The number of hydrogen-bond donors (Lipinski definition) is 1. The van der Waals surface area contributed by atoms with Gasteiger partial charge in [-0.1, -0.05) is 38.1 Å². The fourth-order valence-corrected chi connectivity index (χ4v) is 3.31. The van der Waals surface area contributed by atoms with E-state index in [4.69, 9.17) is 0 Å². The van der Waals surface area contributed by atoms with Gasteiger partial charge in [0.2, 0.25) is 0 Å². The van der Waals surface area contributed by atoms with Crippen molar-refractivity contribution in [2.24, 2.45) is 5.41 Å². The van der Waals surface area contributed by atoms with Gasteiger partial charge in [0.25, 0.3) is 0 Å². The van der Waals surface area contributed by atoms with Crippen LogP contribution in [0.2, 0.25) is 0 Å².